The first kappa shape index (κ1) is 25.2. The summed E-state index contributed by atoms with van der Waals surface area (Å²) in [6.07, 6.45) is 0.889. The zero-order valence-electron chi connectivity index (χ0n) is 21.3. The van der Waals surface area contributed by atoms with E-state index in [4.69, 9.17) is 9.47 Å². The van der Waals surface area contributed by atoms with Crippen molar-refractivity contribution in [3.63, 3.8) is 0 Å². The van der Waals surface area contributed by atoms with E-state index >= 15 is 0 Å². The molecule has 0 saturated heterocycles. The fraction of sp³-hybridized carbons (Fsp3) is 0.429. The first-order chi connectivity index (χ1) is 16.7. The van der Waals surface area contributed by atoms with E-state index in [1.807, 2.05) is 24.4 Å². The Morgan fingerprint density at radius 1 is 1.06 bits per heavy atom. The number of hydrogen-bond donors (Lipinski definition) is 1. The third-order valence-corrected chi connectivity index (χ3v) is 7.04. The van der Waals surface area contributed by atoms with Crippen molar-refractivity contribution in [3.8, 4) is 11.5 Å². The van der Waals surface area contributed by atoms with E-state index in [-0.39, 0.29) is 24.2 Å². The molecule has 1 amide bonds. The lowest BCUT2D eigenvalue weighted by Crippen LogP contribution is -2.32. The van der Waals surface area contributed by atoms with Gasteiger partial charge in [0, 0.05) is 24.5 Å². The zero-order chi connectivity index (χ0) is 25.0. The highest BCUT2D eigenvalue weighted by molar-refractivity contribution is 7.09. The quantitative estimate of drug-likeness (QED) is 0.402. The van der Waals surface area contributed by atoms with Crippen LogP contribution in [0, 0.1) is 0 Å². The first-order valence-electron chi connectivity index (χ1n) is 12.2. The molecule has 0 bridgehead atoms. The van der Waals surface area contributed by atoms with Gasteiger partial charge in [-0.3, -0.25) is 9.69 Å². The summed E-state index contributed by atoms with van der Waals surface area (Å²) in [6, 6.07) is 15.1. The average Bonchev–Trinajstić information content (AvgIpc) is 3.48. The minimum atomic E-state index is -0.109. The maximum Gasteiger partial charge on any atom is 0.270 e. The van der Waals surface area contributed by atoms with Crippen LogP contribution in [0.2, 0.25) is 0 Å². The van der Waals surface area contributed by atoms with Crippen molar-refractivity contribution in [2.45, 2.75) is 72.1 Å². The van der Waals surface area contributed by atoms with E-state index in [9.17, 15) is 4.79 Å². The van der Waals surface area contributed by atoms with Crippen molar-refractivity contribution in [2.75, 3.05) is 6.79 Å². The largest absolute Gasteiger partial charge is 0.454 e. The summed E-state index contributed by atoms with van der Waals surface area (Å²) in [7, 11) is 0. The molecular formula is C28H35N3O3S. The Hall–Kier alpha value is -2.90. The molecule has 1 aromatic heterocycles. The molecule has 7 heteroatoms. The van der Waals surface area contributed by atoms with E-state index in [0.717, 1.165) is 41.6 Å². The molecule has 3 aromatic rings. The second-order valence-electron chi connectivity index (χ2n) is 10.2. The molecule has 0 fully saturated rings. The van der Waals surface area contributed by atoms with Crippen molar-refractivity contribution in [3.05, 3.63) is 75.2 Å². The molecule has 35 heavy (non-hydrogen) atoms. The van der Waals surface area contributed by atoms with Gasteiger partial charge in [-0.1, -0.05) is 58.0 Å². The number of fused-ring (bicyclic) bond motifs is 1. The van der Waals surface area contributed by atoms with Gasteiger partial charge >= 0.3 is 0 Å². The number of hydrogen-bond acceptors (Lipinski definition) is 6. The number of aromatic nitrogens is 1. The van der Waals surface area contributed by atoms with Crippen LogP contribution in [0.25, 0.3) is 0 Å². The minimum absolute atomic E-state index is 0.109. The molecule has 186 valence electrons. The van der Waals surface area contributed by atoms with Gasteiger partial charge in [0.1, 0.15) is 10.7 Å². The van der Waals surface area contributed by atoms with Gasteiger partial charge in [-0.2, -0.15) is 0 Å². The van der Waals surface area contributed by atoms with Crippen LogP contribution >= 0.6 is 11.3 Å². The highest BCUT2D eigenvalue weighted by Crippen LogP contribution is 2.33. The van der Waals surface area contributed by atoms with Gasteiger partial charge in [-0.25, -0.2) is 4.98 Å². The second-order valence-corrected chi connectivity index (χ2v) is 11.1. The van der Waals surface area contributed by atoms with E-state index in [2.05, 4.69) is 73.2 Å². The third-order valence-electron chi connectivity index (χ3n) is 6.20. The van der Waals surface area contributed by atoms with Gasteiger partial charge in [0.2, 0.25) is 6.79 Å². The van der Waals surface area contributed by atoms with Crippen LogP contribution in [-0.4, -0.2) is 28.6 Å². The lowest BCUT2D eigenvalue weighted by Gasteiger charge is -2.23. The molecule has 4 rings (SSSR count). The number of thiazole rings is 1. The topological polar surface area (TPSA) is 63.7 Å². The van der Waals surface area contributed by atoms with Gasteiger partial charge in [-0.05, 0) is 47.6 Å². The van der Waals surface area contributed by atoms with Crippen LogP contribution in [0.5, 0.6) is 11.5 Å². The Kier molecular flexibility index (Phi) is 7.77. The van der Waals surface area contributed by atoms with Gasteiger partial charge < -0.3 is 14.8 Å². The normalized spacial score (nSPS) is 13.8. The number of benzene rings is 2. The molecule has 6 nitrogen and oxygen atoms in total. The van der Waals surface area contributed by atoms with Gasteiger partial charge in [0.05, 0.1) is 6.54 Å². The van der Waals surface area contributed by atoms with Crippen LogP contribution in [0.1, 0.15) is 73.2 Å². The molecular weight excluding hydrogens is 458 g/mol. The molecule has 0 radical (unpaired) electrons. The highest BCUT2D eigenvalue weighted by Gasteiger charge is 2.19. The fourth-order valence-corrected chi connectivity index (χ4v) is 4.73. The minimum Gasteiger partial charge on any atom is -0.454 e. The molecule has 1 aliphatic heterocycles. The SMILES string of the molecule is CCC(C)NC(=O)c1csc(CN(Cc2ccc(C(C)(C)C)cc2)Cc2ccc3c(c2)OCO3)n1. The summed E-state index contributed by atoms with van der Waals surface area (Å²) < 4.78 is 11.0. The Labute approximate surface area is 212 Å². The van der Waals surface area contributed by atoms with Crippen LogP contribution in [-0.2, 0) is 25.0 Å². The smallest absolute Gasteiger partial charge is 0.270 e. The van der Waals surface area contributed by atoms with Crippen molar-refractivity contribution in [1.82, 2.24) is 15.2 Å². The van der Waals surface area contributed by atoms with Crippen LogP contribution < -0.4 is 14.8 Å². The number of carbonyl (C=O) groups is 1. The molecule has 0 aliphatic carbocycles. The van der Waals surface area contributed by atoms with Crippen LogP contribution in [0.4, 0.5) is 0 Å². The van der Waals surface area contributed by atoms with Crippen molar-refractivity contribution in [1.29, 1.82) is 0 Å². The van der Waals surface area contributed by atoms with E-state index in [1.54, 1.807) is 0 Å². The first-order valence-corrected chi connectivity index (χ1v) is 13.0. The molecule has 1 aliphatic rings. The standard InChI is InChI=1S/C28H35N3O3S/c1-6-19(2)29-27(32)23-17-35-26(30-23)16-31(14-20-7-10-22(11-8-20)28(3,4)5)15-21-9-12-24-25(13-21)34-18-33-24/h7-13,17,19H,6,14-16,18H2,1-5H3,(H,29,32). The Morgan fingerprint density at radius 2 is 1.74 bits per heavy atom. The van der Waals surface area contributed by atoms with E-state index in [1.165, 1.54) is 22.5 Å². The number of nitrogens with zero attached hydrogens (tertiary/aromatic N) is 2. The van der Waals surface area contributed by atoms with Crippen molar-refractivity contribution >= 4 is 17.2 Å². The molecule has 1 N–H and O–H groups in total. The summed E-state index contributed by atoms with van der Waals surface area (Å²) in [4.78, 5) is 19.5. The van der Waals surface area contributed by atoms with Crippen molar-refractivity contribution < 1.29 is 14.3 Å². The number of amides is 1. The summed E-state index contributed by atoms with van der Waals surface area (Å²) in [5.41, 5.74) is 4.32. The van der Waals surface area contributed by atoms with Crippen molar-refractivity contribution in [2.24, 2.45) is 0 Å². The number of rotatable bonds is 9. The zero-order valence-corrected chi connectivity index (χ0v) is 22.1. The molecule has 1 atom stereocenters. The number of ether oxygens (including phenoxy) is 2. The molecule has 1 unspecified atom stereocenters. The van der Waals surface area contributed by atoms with Gasteiger partial charge in [0.15, 0.2) is 11.5 Å². The predicted molar refractivity (Wildman–Crippen MR) is 140 cm³/mol. The maximum absolute atomic E-state index is 12.5. The Bertz CT molecular complexity index is 1150. The monoisotopic (exact) mass is 493 g/mol. The van der Waals surface area contributed by atoms with Crippen LogP contribution in [0.3, 0.4) is 0 Å². The lowest BCUT2D eigenvalue weighted by molar-refractivity contribution is 0.0934. The number of nitrogens with one attached hydrogen (secondary N) is 1. The van der Waals surface area contributed by atoms with Crippen LogP contribution in [0.15, 0.2) is 47.8 Å². The summed E-state index contributed by atoms with van der Waals surface area (Å²) in [5.74, 6) is 1.46. The van der Waals surface area contributed by atoms with Gasteiger partial charge in [0.25, 0.3) is 5.91 Å². The summed E-state index contributed by atoms with van der Waals surface area (Å²) >= 11 is 1.53. The fourth-order valence-electron chi connectivity index (χ4n) is 3.91. The summed E-state index contributed by atoms with van der Waals surface area (Å²) in [6.45, 7) is 13.2. The van der Waals surface area contributed by atoms with Gasteiger partial charge in [-0.15, -0.1) is 11.3 Å². The summed E-state index contributed by atoms with van der Waals surface area (Å²) in [5, 5.41) is 5.77. The number of carbonyl (C=O) groups excluding carboxylic acids is 1. The lowest BCUT2D eigenvalue weighted by atomic mass is 9.87. The predicted octanol–water partition coefficient (Wildman–Crippen LogP) is 5.90. The molecule has 0 saturated carbocycles. The molecule has 2 heterocycles. The highest BCUT2D eigenvalue weighted by atomic mass is 32.1. The third kappa shape index (κ3) is 6.61. The Balaban J connectivity index is 1.51. The average molecular weight is 494 g/mol. The van der Waals surface area contributed by atoms with E-state index < -0.39 is 0 Å². The molecule has 2 aromatic carbocycles. The van der Waals surface area contributed by atoms with E-state index in [0.29, 0.717) is 12.2 Å². The second kappa shape index (κ2) is 10.8. The Morgan fingerprint density at radius 3 is 2.46 bits per heavy atom. The maximum atomic E-state index is 12.5. The molecule has 0 spiro atoms.